The second-order valence-electron chi connectivity index (χ2n) is 9.51. The summed E-state index contributed by atoms with van der Waals surface area (Å²) in [5.74, 6) is -0.263. The Morgan fingerprint density at radius 2 is 1.61 bits per heavy atom. The summed E-state index contributed by atoms with van der Waals surface area (Å²) in [6.07, 6.45) is 2.82. The predicted octanol–water partition coefficient (Wildman–Crippen LogP) is 4.96. The van der Waals surface area contributed by atoms with Crippen molar-refractivity contribution in [3.05, 3.63) is 64.7 Å². The standard InChI is InChI=1S/C25H34N2O3S/c1-18-9-14-22(31(29,30)27-15-7-6-8-16-27)17-23(18)24(28)26-19(2)20-10-12-21(13-11-20)25(3,4)5/h9-14,17,19H,6-8,15-16H2,1-5H3,(H,26,28). The average molecular weight is 443 g/mol. The maximum Gasteiger partial charge on any atom is 0.252 e. The molecule has 31 heavy (non-hydrogen) atoms. The molecule has 0 bridgehead atoms. The van der Waals surface area contributed by atoms with Crippen molar-refractivity contribution in [2.75, 3.05) is 13.1 Å². The largest absolute Gasteiger partial charge is 0.346 e. The van der Waals surface area contributed by atoms with E-state index in [9.17, 15) is 13.2 Å². The normalized spacial score (nSPS) is 16.7. The molecular formula is C25H34N2O3S. The Balaban J connectivity index is 1.79. The van der Waals surface area contributed by atoms with Crippen molar-refractivity contribution >= 4 is 15.9 Å². The van der Waals surface area contributed by atoms with Gasteiger partial charge >= 0.3 is 0 Å². The minimum Gasteiger partial charge on any atom is -0.346 e. The van der Waals surface area contributed by atoms with Gasteiger partial charge in [0.25, 0.3) is 5.91 Å². The zero-order valence-corrected chi connectivity index (χ0v) is 20.1. The van der Waals surface area contributed by atoms with Gasteiger partial charge in [-0.3, -0.25) is 4.79 Å². The molecule has 0 spiro atoms. The molecular weight excluding hydrogens is 408 g/mol. The number of hydrogen-bond donors (Lipinski definition) is 1. The molecule has 0 aliphatic carbocycles. The molecule has 6 heteroatoms. The van der Waals surface area contributed by atoms with Crippen LogP contribution in [0.5, 0.6) is 0 Å². The molecule has 1 aliphatic rings. The summed E-state index contributed by atoms with van der Waals surface area (Å²) in [5, 5.41) is 3.02. The molecule has 1 atom stereocenters. The maximum atomic E-state index is 13.0. The van der Waals surface area contributed by atoms with Crippen molar-refractivity contribution in [3.8, 4) is 0 Å². The highest BCUT2D eigenvalue weighted by molar-refractivity contribution is 7.89. The molecule has 0 radical (unpaired) electrons. The summed E-state index contributed by atoms with van der Waals surface area (Å²) in [7, 11) is -3.58. The number of amides is 1. The molecule has 1 fully saturated rings. The quantitative estimate of drug-likeness (QED) is 0.712. The van der Waals surface area contributed by atoms with Crippen LogP contribution in [0.25, 0.3) is 0 Å². The lowest BCUT2D eigenvalue weighted by molar-refractivity contribution is 0.0939. The fraction of sp³-hybridized carbons (Fsp3) is 0.480. The first-order chi connectivity index (χ1) is 14.5. The minimum atomic E-state index is -3.58. The van der Waals surface area contributed by atoms with Crippen molar-refractivity contribution in [1.29, 1.82) is 0 Å². The van der Waals surface area contributed by atoms with Gasteiger partial charge in [0.2, 0.25) is 10.0 Å². The molecule has 1 N–H and O–H groups in total. The Morgan fingerprint density at radius 3 is 2.19 bits per heavy atom. The highest BCUT2D eigenvalue weighted by Gasteiger charge is 2.27. The topological polar surface area (TPSA) is 66.5 Å². The zero-order valence-electron chi connectivity index (χ0n) is 19.2. The minimum absolute atomic E-state index is 0.0718. The number of rotatable bonds is 5. The van der Waals surface area contributed by atoms with Crippen LogP contribution < -0.4 is 5.32 Å². The summed E-state index contributed by atoms with van der Waals surface area (Å²) in [5.41, 5.74) is 3.47. The number of benzene rings is 2. The second-order valence-corrected chi connectivity index (χ2v) is 11.4. The molecule has 1 saturated heterocycles. The third kappa shape index (κ3) is 5.36. The van der Waals surface area contributed by atoms with Crippen molar-refractivity contribution in [2.45, 2.75) is 70.2 Å². The number of sulfonamides is 1. The van der Waals surface area contributed by atoms with Crippen molar-refractivity contribution in [3.63, 3.8) is 0 Å². The van der Waals surface area contributed by atoms with Crippen LogP contribution in [0.2, 0.25) is 0 Å². The van der Waals surface area contributed by atoms with Gasteiger partial charge in [-0.05, 0) is 60.9 Å². The summed E-state index contributed by atoms with van der Waals surface area (Å²) in [6, 6.07) is 12.9. The van der Waals surface area contributed by atoms with Crippen molar-refractivity contribution in [2.24, 2.45) is 0 Å². The molecule has 3 rings (SSSR count). The van der Waals surface area contributed by atoms with Crippen LogP contribution >= 0.6 is 0 Å². The number of aryl methyl sites for hydroxylation is 1. The monoisotopic (exact) mass is 442 g/mol. The Bertz CT molecular complexity index is 1030. The number of piperidine rings is 1. The highest BCUT2D eigenvalue weighted by Crippen LogP contribution is 2.25. The molecule has 168 valence electrons. The number of carbonyl (C=O) groups is 1. The number of nitrogens with zero attached hydrogens (tertiary/aromatic N) is 1. The fourth-order valence-electron chi connectivity index (χ4n) is 3.89. The Kier molecular flexibility index (Phi) is 6.92. The van der Waals surface area contributed by atoms with Crippen LogP contribution in [0, 0.1) is 6.92 Å². The van der Waals surface area contributed by atoms with Gasteiger partial charge in [-0.1, -0.05) is 57.5 Å². The number of hydrogen-bond acceptors (Lipinski definition) is 3. The molecule has 1 aliphatic heterocycles. The molecule has 0 aromatic heterocycles. The van der Waals surface area contributed by atoms with Crippen LogP contribution in [0.3, 0.4) is 0 Å². The summed E-state index contributed by atoms with van der Waals surface area (Å²) >= 11 is 0. The fourth-order valence-corrected chi connectivity index (χ4v) is 5.43. The maximum absolute atomic E-state index is 13.0. The zero-order chi connectivity index (χ0) is 22.8. The van der Waals surface area contributed by atoms with Crippen LogP contribution in [-0.4, -0.2) is 31.7 Å². The Morgan fingerprint density at radius 1 is 1.00 bits per heavy atom. The van der Waals surface area contributed by atoms with Crippen LogP contribution in [0.15, 0.2) is 47.4 Å². The third-order valence-corrected chi connectivity index (χ3v) is 7.93. The lowest BCUT2D eigenvalue weighted by atomic mass is 9.86. The summed E-state index contributed by atoms with van der Waals surface area (Å²) in [6.45, 7) is 11.4. The van der Waals surface area contributed by atoms with Gasteiger partial charge in [-0.2, -0.15) is 4.31 Å². The number of nitrogens with one attached hydrogen (secondary N) is 1. The van der Waals surface area contributed by atoms with Gasteiger partial charge in [0.05, 0.1) is 10.9 Å². The molecule has 5 nitrogen and oxygen atoms in total. The molecule has 2 aromatic rings. The van der Waals surface area contributed by atoms with E-state index < -0.39 is 10.0 Å². The third-order valence-electron chi connectivity index (χ3n) is 6.03. The first kappa shape index (κ1) is 23.5. The van der Waals surface area contributed by atoms with Crippen LogP contribution in [-0.2, 0) is 15.4 Å². The predicted molar refractivity (Wildman–Crippen MR) is 125 cm³/mol. The lowest BCUT2D eigenvalue weighted by Gasteiger charge is -2.26. The van der Waals surface area contributed by atoms with E-state index >= 15 is 0 Å². The number of carbonyl (C=O) groups excluding carboxylic acids is 1. The van der Waals surface area contributed by atoms with E-state index in [2.05, 4.69) is 38.2 Å². The lowest BCUT2D eigenvalue weighted by Crippen LogP contribution is -2.35. The van der Waals surface area contributed by atoms with E-state index in [1.807, 2.05) is 26.0 Å². The van der Waals surface area contributed by atoms with Gasteiger partial charge in [-0.25, -0.2) is 8.42 Å². The molecule has 1 unspecified atom stereocenters. The smallest absolute Gasteiger partial charge is 0.252 e. The molecule has 1 amide bonds. The Labute approximate surface area is 186 Å². The van der Waals surface area contributed by atoms with Gasteiger partial charge in [-0.15, -0.1) is 0 Å². The van der Waals surface area contributed by atoms with E-state index in [1.165, 1.54) is 15.9 Å². The second kappa shape index (κ2) is 9.13. The van der Waals surface area contributed by atoms with Gasteiger partial charge in [0, 0.05) is 18.7 Å². The van der Waals surface area contributed by atoms with Gasteiger partial charge < -0.3 is 5.32 Å². The first-order valence-corrected chi connectivity index (χ1v) is 12.5. The SMILES string of the molecule is Cc1ccc(S(=O)(=O)N2CCCCC2)cc1C(=O)NC(C)c1ccc(C(C)(C)C)cc1. The van der Waals surface area contributed by atoms with Crippen LogP contribution in [0.1, 0.15) is 80.0 Å². The summed E-state index contributed by atoms with van der Waals surface area (Å²) in [4.78, 5) is 13.2. The highest BCUT2D eigenvalue weighted by atomic mass is 32.2. The average Bonchev–Trinajstić information content (AvgIpc) is 2.74. The van der Waals surface area contributed by atoms with E-state index in [4.69, 9.17) is 0 Å². The van der Waals surface area contributed by atoms with E-state index in [-0.39, 0.29) is 22.3 Å². The van der Waals surface area contributed by atoms with E-state index in [0.29, 0.717) is 18.7 Å². The van der Waals surface area contributed by atoms with Crippen molar-refractivity contribution in [1.82, 2.24) is 9.62 Å². The molecule has 0 saturated carbocycles. The van der Waals surface area contributed by atoms with Gasteiger partial charge in [0.1, 0.15) is 0 Å². The first-order valence-electron chi connectivity index (χ1n) is 11.0. The summed E-state index contributed by atoms with van der Waals surface area (Å²) < 4.78 is 27.6. The van der Waals surface area contributed by atoms with Gasteiger partial charge in [0.15, 0.2) is 0 Å². The molecule has 2 aromatic carbocycles. The van der Waals surface area contributed by atoms with E-state index in [0.717, 1.165) is 30.4 Å². The Hall–Kier alpha value is -2.18. The molecule has 1 heterocycles. The van der Waals surface area contributed by atoms with E-state index in [1.54, 1.807) is 12.1 Å². The van der Waals surface area contributed by atoms with Crippen LogP contribution in [0.4, 0.5) is 0 Å². The van der Waals surface area contributed by atoms with Crippen molar-refractivity contribution < 1.29 is 13.2 Å².